The Bertz CT molecular complexity index is 1140. The number of hydrogen-bond donors (Lipinski definition) is 1. The van der Waals surface area contributed by atoms with E-state index in [0.29, 0.717) is 17.0 Å². The van der Waals surface area contributed by atoms with Crippen LogP contribution in [0.15, 0.2) is 77.3 Å². The van der Waals surface area contributed by atoms with Gasteiger partial charge in [-0.1, -0.05) is 61.0 Å². The molecule has 0 saturated carbocycles. The monoisotopic (exact) mass is 508 g/mol. The van der Waals surface area contributed by atoms with Crippen LogP contribution in [0.2, 0.25) is 0 Å². The third-order valence-corrected chi connectivity index (χ3v) is 7.16. The molecule has 32 heavy (non-hydrogen) atoms. The molecule has 6 heteroatoms. The van der Waals surface area contributed by atoms with Gasteiger partial charge in [-0.25, -0.2) is 0 Å². The van der Waals surface area contributed by atoms with E-state index in [1.165, 1.54) is 5.56 Å². The Morgan fingerprint density at radius 1 is 1.03 bits per heavy atom. The average Bonchev–Trinajstić information content (AvgIpc) is 3.15. The SMILES string of the molecule is CC(C)(C)c1ccc(N2C(=O)CS[C@@H]2c2cccc(NC(=O)c3ccc(Br)cc3)c2)cc1. The smallest absolute Gasteiger partial charge is 0.255 e. The van der Waals surface area contributed by atoms with Crippen molar-refractivity contribution >= 4 is 50.9 Å². The van der Waals surface area contributed by atoms with Crippen molar-refractivity contribution in [2.24, 2.45) is 0 Å². The maximum Gasteiger partial charge on any atom is 0.255 e. The van der Waals surface area contributed by atoms with Gasteiger partial charge in [0.15, 0.2) is 0 Å². The maximum absolute atomic E-state index is 12.7. The second-order valence-electron chi connectivity index (χ2n) is 8.81. The number of hydrogen-bond acceptors (Lipinski definition) is 3. The van der Waals surface area contributed by atoms with Gasteiger partial charge in [0.1, 0.15) is 5.37 Å². The standard InChI is InChI=1S/C26H25BrN2O2S/c1-26(2,3)19-9-13-22(14-10-19)29-23(30)16-32-25(29)18-5-4-6-21(15-18)28-24(31)17-7-11-20(27)12-8-17/h4-15,25H,16H2,1-3H3,(H,28,31)/t25-/m1/s1. The van der Waals surface area contributed by atoms with E-state index in [1.54, 1.807) is 23.9 Å². The van der Waals surface area contributed by atoms with E-state index < -0.39 is 0 Å². The summed E-state index contributed by atoms with van der Waals surface area (Å²) in [5.41, 5.74) is 4.46. The van der Waals surface area contributed by atoms with E-state index in [1.807, 2.05) is 53.4 Å². The van der Waals surface area contributed by atoms with Crippen LogP contribution in [-0.2, 0) is 10.2 Å². The van der Waals surface area contributed by atoms with Crippen LogP contribution in [0.4, 0.5) is 11.4 Å². The molecule has 1 aliphatic rings. The van der Waals surface area contributed by atoms with E-state index in [9.17, 15) is 9.59 Å². The number of rotatable bonds is 4. The van der Waals surface area contributed by atoms with Gasteiger partial charge >= 0.3 is 0 Å². The van der Waals surface area contributed by atoms with Gasteiger partial charge in [-0.15, -0.1) is 11.8 Å². The van der Waals surface area contributed by atoms with Crippen molar-refractivity contribution in [1.29, 1.82) is 0 Å². The zero-order valence-electron chi connectivity index (χ0n) is 18.3. The molecule has 164 valence electrons. The summed E-state index contributed by atoms with van der Waals surface area (Å²) in [5, 5.41) is 2.83. The maximum atomic E-state index is 12.7. The van der Waals surface area contributed by atoms with Gasteiger partial charge in [0.05, 0.1) is 5.75 Å². The Balaban J connectivity index is 1.56. The Hall–Kier alpha value is -2.57. The van der Waals surface area contributed by atoms with Crippen molar-refractivity contribution in [2.45, 2.75) is 31.6 Å². The Kier molecular flexibility index (Phi) is 6.45. The number of anilines is 2. The van der Waals surface area contributed by atoms with Crippen LogP contribution in [-0.4, -0.2) is 17.6 Å². The van der Waals surface area contributed by atoms with Crippen molar-refractivity contribution in [3.63, 3.8) is 0 Å². The predicted octanol–water partition coefficient (Wildman–Crippen LogP) is 6.78. The van der Waals surface area contributed by atoms with E-state index >= 15 is 0 Å². The molecule has 4 rings (SSSR count). The summed E-state index contributed by atoms with van der Waals surface area (Å²) in [6.07, 6.45) is 0. The largest absolute Gasteiger partial charge is 0.322 e. The molecule has 4 nitrogen and oxygen atoms in total. The van der Waals surface area contributed by atoms with Crippen LogP contribution in [0.25, 0.3) is 0 Å². The molecule has 0 aliphatic carbocycles. The lowest BCUT2D eigenvalue weighted by atomic mass is 9.87. The average molecular weight is 509 g/mol. The molecular weight excluding hydrogens is 484 g/mol. The highest BCUT2D eigenvalue weighted by Gasteiger charge is 2.34. The topological polar surface area (TPSA) is 49.4 Å². The molecule has 1 aliphatic heterocycles. The Morgan fingerprint density at radius 3 is 2.38 bits per heavy atom. The molecule has 1 N–H and O–H groups in total. The second-order valence-corrected chi connectivity index (χ2v) is 10.8. The van der Waals surface area contributed by atoms with Crippen molar-refractivity contribution < 1.29 is 9.59 Å². The first-order chi connectivity index (χ1) is 15.2. The van der Waals surface area contributed by atoms with Crippen LogP contribution in [0, 0.1) is 0 Å². The molecule has 0 spiro atoms. The summed E-state index contributed by atoms with van der Waals surface area (Å²) in [6.45, 7) is 6.53. The van der Waals surface area contributed by atoms with Crippen molar-refractivity contribution in [3.8, 4) is 0 Å². The van der Waals surface area contributed by atoms with Gasteiger partial charge in [0.25, 0.3) is 5.91 Å². The van der Waals surface area contributed by atoms with E-state index in [0.717, 1.165) is 15.7 Å². The Morgan fingerprint density at radius 2 is 1.72 bits per heavy atom. The number of halogens is 1. The molecular formula is C26H25BrN2O2S. The highest BCUT2D eigenvalue weighted by molar-refractivity contribution is 9.10. The fourth-order valence-corrected chi connectivity index (χ4v) is 5.08. The lowest BCUT2D eigenvalue weighted by Gasteiger charge is -2.26. The van der Waals surface area contributed by atoms with Gasteiger partial charge in [-0.3, -0.25) is 14.5 Å². The summed E-state index contributed by atoms with van der Waals surface area (Å²) in [6, 6.07) is 23.2. The lowest BCUT2D eigenvalue weighted by molar-refractivity contribution is -0.115. The molecule has 2 amide bonds. The molecule has 1 fully saturated rings. The van der Waals surface area contributed by atoms with Gasteiger partial charge < -0.3 is 5.32 Å². The summed E-state index contributed by atoms with van der Waals surface area (Å²) in [5.74, 6) is 0.355. The van der Waals surface area contributed by atoms with Crippen LogP contribution in [0.5, 0.6) is 0 Å². The normalized spacial score (nSPS) is 16.3. The summed E-state index contributed by atoms with van der Waals surface area (Å²) in [7, 11) is 0. The van der Waals surface area contributed by atoms with Crippen LogP contribution in [0.1, 0.15) is 47.6 Å². The van der Waals surface area contributed by atoms with E-state index in [2.05, 4.69) is 54.2 Å². The summed E-state index contributed by atoms with van der Waals surface area (Å²) < 4.78 is 0.926. The van der Waals surface area contributed by atoms with Gasteiger partial charge in [-0.2, -0.15) is 0 Å². The zero-order valence-corrected chi connectivity index (χ0v) is 20.7. The van der Waals surface area contributed by atoms with Gasteiger partial charge in [-0.05, 0) is 65.1 Å². The second kappa shape index (κ2) is 9.12. The number of carbonyl (C=O) groups excluding carboxylic acids is 2. The first-order valence-electron chi connectivity index (χ1n) is 10.4. The zero-order chi connectivity index (χ0) is 22.9. The highest BCUT2D eigenvalue weighted by atomic mass is 79.9. The summed E-state index contributed by atoms with van der Waals surface area (Å²) >= 11 is 4.99. The van der Waals surface area contributed by atoms with Gasteiger partial charge in [0, 0.05) is 21.4 Å². The molecule has 0 unspecified atom stereocenters. The molecule has 3 aromatic rings. The number of thioether (sulfide) groups is 1. The summed E-state index contributed by atoms with van der Waals surface area (Å²) in [4.78, 5) is 27.2. The van der Waals surface area contributed by atoms with Crippen LogP contribution < -0.4 is 10.2 Å². The number of nitrogens with zero attached hydrogens (tertiary/aromatic N) is 1. The van der Waals surface area contributed by atoms with Crippen molar-refractivity contribution in [1.82, 2.24) is 0 Å². The minimum atomic E-state index is -0.167. The lowest BCUT2D eigenvalue weighted by Crippen LogP contribution is -2.28. The van der Waals surface area contributed by atoms with Crippen LogP contribution >= 0.6 is 27.7 Å². The highest BCUT2D eigenvalue weighted by Crippen LogP contribution is 2.42. The van der Waals surface area contributed by atoms with E-state index in [-0.39, 0.29) is 22.6 Å². The predicted molar refractivity (Wildman–Crippen MR) is 136 cm³/mol. The van der Waals surface area contributed by atoms with Crippen molar-refractivity contribution in [2.75, 3.05) is 16.0 Å². The molecule has 0 aromatic heterocycles. The number of amides is 2. The van der Waals surface area contributed by atoms with Crippen LogP contribution in [0.3, 0.4) is 0 Å². The third-order valence-electron chi connectivity index (χ3n) is 5.42. The molecule has 1 atom stereocenters. The molecule has 1 saturated heterocycles. The first-order valence-corrected chi connectivity index (χ1v) is 12.3. The molecule has 1 heterocycles. The minimum absolute atomic E-state index is 0.0586. The third kappa shape index (κ3) is 4.92. The molecule has 0 bridgehead atoms. The van der Waals surface area contributed by atoms with E-state index in [4.69, 9.17) is 0 Å². The number of nitrogens with one attached hydrogen (secondary N) is 1. The quantitative estimate of drug-likeness (QED) is 0.422. The number of benzene rings is 3. The first kappa shape index (κ1) is 22.6. The molecule has 3 aromatic carbocycles. The van der Waals surface area contributed by atoms with Crippen molar-refractivity contribution in [3.05, 3.63) is 94.0 Å². The molecule has 0 radical (unpaired) electrons. The number of carbonyl (C=O) groups is 2. The fourth-order valence-electron chi connectivity index (χ4n) is 3.65. The minimum Gasteiger partial charge on any atom is -0.322 e. The Labute approximate surface area is 201 Å². The fraction of sp³-hybridized carbons (Fsp3) is 0.231. The van der Waals surface area contributed by atoms with Gasteiger partial charge in [0.2, 0.25) is 5.91 Å².